The molecule has 8 aromatic carbocycles. The molecule has 1 N–H and O–H groups in total. The third-order valence-corrected chi connectivity index (χ3v) is 9.80. The number of aromatic nitrogens is 3. The first-order valence-electron chi connectivity index (χ1n) is 17.2. The van der Waals surface area contributed by atoms with Crippen molar-refractivity contribution in [3.63, 3.8) is 0 Å². The summed E-state index contributed by atoms with van der Waals surface area (Å²) in [6.45, 7) is 0. The van der Waals surface area contributed by atoms with Crippen molar-refractivity contribution in [3.8, 4) is 62.2 Å². The van der Waals surface area contributed by atoms with Crippen LogP contribution in [0.3, 0.4) is 0 Å². The Morgan fingerprint density at radius 3 is 1.75 bits per heavy atom. The number of rotatable bonds is 5. The maximum atomic E-state index is 11.9. The summed E-state index contributed by atoms with van der Waals surface area (Å²) in [5.74, 6) is 1.70. The Morgan fingerprint density at radius 1 is 0.365 bits per heavy atom. The first-order valence-corrected chi connectivity index (χ1v) is 17.2. The monoisotopic (exact) mass is 667 g/mol. The number of phenolic OH excluding ortho intramolecular Hbond substituents is 1. The molecule has 2 aromatic heterocycles. The molecule has 10 rings (SSSR count). The van der Waals surface area contributed by atoms with E-state index >= 15 is 0 Å². The van der Waals surface area contributed by atoms with Crippen LogP contribution >= 0.6 is 0 Å². The van der Waals surface area contributed by atoms with Crippen molar-refractivity contribution in [2.75, 3.05) is 0 Å². The number of phenols is 1. The average Bonchev–Trinajstić information content (AvgIpc) is 3.59. The van der Waals surface area contributed by atoms with Crippen molar-refractivity contribution < 1.29 is 9.52 Å². The van der Waals surface area contributed by atoms with E-state index in [9.17, 15) is 5.11 Å². The van der Waals surface area contributed by atoms with Gasteiger partial charge in [0.25, 0.3) is 0 Å². The lowest BCUT2D eigenvalue weighted by Crippen LogP contribution is -2.01. The first kappa shape index (κ1) is 29.8. The van der Waals surface area contributed by atoms with Crippen molar-refractivity contribution >= 4 is 43.5 Å². The van der Waals surface area contributed by atoms with Crippen LogP contribution in [0.5, 0.6) is 5.75 Å². The highest BCUT2D eigenvalue weighted by Crippen LogP contribution is 2.43. The van der Waals surface area contributed by atoms with Gasteiger partial charge in [-0.2, -0.15) is 0 Å². The number of furan rings is 1. The molecule has 0 aliphatic carbocycles. The van der Waals surface area contributed by atoms with Crippen LogP contribution in [0.15, 0.2) is 174 Å². The molecule has 5 heteroatoms. The van der Waals surface area contributed by atoms with Gasteiger partial charge in [-0.15, -0.1) is 0 Å². The molecule has 0 aliphatic heterocycles. The fraction of sp³-hybridized carbons (Fsp3) is 0. The van der Waals surface area contributed by atoms with Gasteiger partial charge in [-0.3, -0.25) is 0 Å². The normalized spacial score (nSPS) is 11.5. The lowest BCUT2D eigenvalue weighted by Gasteiger charge is -2.16. The first-order chi connectivity index (χ1) is 25.7. The molecule has 0 unspecified atom stereocenters. The average molecular weight is 668 g/mol. The number of nitrogens with zero attached hydrogens (tertiary/aromatic N) is 3. The standard InChI is InChI=1S/C47H29N3O2/c51-41-28-35(33-23-24-43-39(25-33)37-17-9-10-18-42(37)52-43)27-40(44(41)31-12-3-1-4-13-31)47-49-45(32-14-5-2-6-15-32)48-46(50-47)34-22-21-30-20-19-29-11-7-8-16-36(29)38(30)26-34/h1-28,51H. The Kier molecular flexibility index (Phi) is 6.89. The van der Waals surface area contributed by atoms with Crippen molar-refractivity contribution in [1.82, 2.24) is 15.0 Å². The summed E-state index contributed by atoms with van der Waals surface area (Å²) in [7, 11) is 0. The zero-order chi connectivity index (χ0) is 34.6. The maximum Gasteiger partial charge on any atom is 0.164 e. The van der Waals surface area contributed by atoms with Crippen LogP contribution in [0.1, 0.15) is 0 Å². The lowest BCUT2D eigenvalue weighted by molar-refractivity contribution is 0.477. The van der Waals surface area contributed by atoms with E-state index in [0.717, 1.165) is 60.5 Å². The quantitative estimate of drug-likeness (QED) is 0.185. The van der Waals surface area contributed by atoms with Crippen LogP contribution in [-0.4, -0.2) is 20.1 Å². The van der Waals surface area contributed by atoms with Gasteiger partial charge in [0.15, 0.2) is 17.5 Å². The second-order valence-corrected chi connectivity index (χ2v) is 13.0. The third kappa shape index (κ3) is 5.07. The van der Waals surface area contributed by atoms with E-state index in [1.807, 2.05) is 97.1 Å². The van der Waals surface area contributed by atoms with Gasteiger partial charge in [0.2, 0.25) is 0 Å². The third-order valence-electron chi connectivity index (χ3n) is 9.80. The van der Waals surface area contributed by atoms with Crippen LogP contribution < -0.4 is 0 Å². The summed E-state index contributed by atoms with van der Waals surface area (Å²) >= 11 is 0. The van der Waals surface area contributed by atoms with E-state index in [1.165, 1.54) is 10.8 Å². The predicted octanol–water partition coefficient (Wildman–Crippen LogP) is 12.1. The zero-order valence-electron chi connectivity index (χ0n) is 27.9. The summed E-state index contributed by atoms with van der Waals surface area (Å²) in [5.41, 5.74) is 7.39. The number of aromatic hydroxyl groups is 1. The topological polar surface area (TPSA) is 72.0 Å². The molecule has 0 saturated carbocycles. The molecule has 52 heavy (non-hydrogen) atoms. The Balaban J connectivity index is 1.22. The predicted molar refractivity (Wildman–Crippen MR) is 211 cm³/mol. The van der Waals surface area contributed by atoms with E-state index in [4.69, 9.17) is 19.4 Å². The van der Waals surface area contributed by atoms with E-state index < -0.39 is 0 Å². The largest absolute Gasteiger partial charge is 0.507 e. The number of fused-ring (bicyclic) bond motifs is 6. The number of para-hydroxylation sites is 1. The summed E-state index contributed by atoms with van der Waals surface area (Å²) in [5, 5.41) is 18.6. The second kappa shape index (κ2) is 12.0. The van der Waals surface area contributed by atoms with Gasteiger partial charge in [-0.1, -0.05) is 133 Å². The van der Waals surface area contributed by atoms with E-state index in [2.05, 4.69) is 72.8 Å². The summed E-state index contributed by atoms with van der Waals surface area (Å²) in [6.07, 6.45) is 0. The number of hydrogen-bond acceptors (Lipinski definition) is 5. The fourth-order valence-electron chi connectivity index (χ4n) is 7.27. The van der Waals surface area contributed by atoms with Crippen molar-refractivity contribution in [2.45, 2.75) is 0 Å². The zero-order valence-corrected chi connectivity index (χ0v) is 27.9. The van der Waals surface area contributed by atoms with Crippen LogP contribution in [-0.2, 0) is 0 Å². The summed E-state index contributed by atoms with van der Waals surface area (Å²) in [4.78, 5) is 15.3. The number of benzene rings is 8. The van der Waals surface area contributed by atoms with Gasteiger partial charge in [0.1, 0.15) is 16.9 Å². The summed E-state index contributed by atoms with van der Waals surface area (Å²) < 4.78 is 6.12. The molecule has 244 valence electrons. The van der Waals surface area contributed by atoms with Crippen LogP contribution in [0.2, 0.25) is 0 Å². The van der Waals surface area contributed by atoms with Crippen LogP contribution in [0, 0.1) is 0 Å². The Hall–Kier alpha value is -7.11. The molecular weight excluding hydrogens is 639 g/mol. The van der Waals surface area contributed by atoms with Crippen molar-refractivity contribution in [2.24, 2.45) is 0 Å². The highest BCUT2D eigenvalue weighted by Gasteiger charge is 2.21. The lowest BCUT2D eigenvalue weighted by atomic mass is 9.92. The molecule has 0 fully saturated rings. The SMILES string of the molecule is Oc1cc(-c2ccc3oc4ccccc4c3c2)cc(-c2nc(-c3ccccc3)nc(-c3ccc4ccc5ccccc5c4c3)n2)c1-c1ccccc1. The Morgan fingerprint density at radius 2 is 0.942 bits per heavy atom. The maximum absolute atomic E-state index is 11.9. The minimum atomic E-state index is 0.135. The van der Waals surface area contributed by atoms with Gasteiger partial charge in [0.05, 0.1) is 0 Å². The molecule has 0 radical (unpaired) electrons. The van der Waals surface area contributed by atoms with Crippen LogP contribution in [0.4, 0.5) is 0 Å². The molecule has 5 nitrogen and oxygen atoms in total. The van der Waals surface area contributed by atoms with E-state index in [1.54, 1.807) is 0 Å². The Labute approximate surface area is 299 Å². The van der Waals surface area contributed by atoms with Crippen molar-refractivity contribution in [3.05, 3.63) is 170 Å². The molecule has 0 spiro atoms. The smallest absolute Gasteiger partial charge is 0.164 e. The highest BCUT2D eigenvalue weighted by atomic mass is 16.3. The van der Waals surface area contributed by atoms with Gasteiger partial charge < -0.3 is 9.52 Å². The van der Waals surface area contributed by atoms with E-state index in [0.29, 0.717) is 28.6 Å². The Bertz CT molecular complexity index is 2970. The molecule has 0 saturated heterocycles. The molecule has 10 aromatic rings. The van der Waals surface area contributed by atoms with Crippen LogP contribution in [0.25, 0.3) is 99.9 Å². The number of hydrogen-bond donors (Lipinski definition) is 1. The molecular formula is C47H29N3O2. The minimum Gasteiger partial charge on any atom is -0.507 e. The molecule has 0 atom stereocenters. The van der Waals surface area contributed by atoms with E-state index in [-0.39, 0.29) is 5.75 Å². The molecule has 0 aliphatic rings. The molecule has 0 bridgehead atoms. The summed E-state index contributed by atoms with van der Waals surface area (Å²) in [6, 6.07) is 57.0. The van der Waals surface area contributed by atoms with Crippen molar-refractivity contribution in [1.29, 1.82) is 0 Å². The molecule has 2 heterocycles. The fourth-order valence-corrected chi connectivity index (χ4v) is 7.27. The van der Waals surface area contributed by atoms with Gasteiger partial charge >= 0.3 is 0 Å². The van der Waals surface area contributed by atoms with Gasteiger partial charge in [0, 0.05) is 33.0 Å². The van der Waals surface area contributed by atoms with Gasteiger partial charge in [-0.05, 0) is 74.6 Å². The van der Waals surface area contributed by atoms with Gasteiger partial charge in [-0.25, -0.2) is 15.0 Å². The highest BCUT2D eigenvalue weighted by molar-refractivity contribution is 6.09. The molecule has 0 amide bonds. The minimum absolute atomic E-state index is 0.135. The second-order valence-electron chi connectivity index (χ2n) is 13.0.